The standard InChI is InChI=1S/C19H16O/c1-13-6-8-14(9-7-13)10-11-15-12-18-16-4-2-3-5-17(16)19(15)20-18/h2-9,15,18-19H,12H2,1H3. The van der Waals surface area contributed by atoms with Gasteiger partial charge in [-0.15, -0.1) is 0 Å². The lowest BCUT2D eigenvalue weighted by Crippen LogP contribution is -2.08. The van der Waals surface area contributed by atoms with Crippen LogP contribution in [0.5, 0.6) is 0 Å². The van der Waals surface area contributed by atoms with E-state index in [1.165, 1.54) is 16.7 Å². The van der Waals surface area contributed by atoms with Crippen molar-refractivity contribution in [3.63, 3.8) is 0 Å². The lowest BCUT2D eigenvalue weighted by Gasteiger charge is -2.16. The quantitative estimate of drug-likeness (QED) is 0.646. The third-order valence-corrected chi connectivity index (χ3v) is 4.25. The summed E-state index contributed by atoms with van der Waals surface area (Å²) >= 11 is 0. The first-order chi connectivity index (χ1) is 9.81. The molecule has 4 rings (SSSR count). The Hall–Kier alpha value is -2.04. The maximum Gasteiger partial charge on any atom is 0.0975 e. The highest BCUT2D eigenvalue weighted by Crippen LogP contribution is 2.53. The Morgan fingerprint density at radius 1 is 1.00 bits per heavy atom. The summed E-state index contributed by atoms with van der Waals surface area (Å²) in [6.07, 6.45) is 1.46. The van der Waals surface area contributed by atoms with Gasteiger partial charge in [-0.2, -0.15) is 0 Å². The highest BCUT2D eigenvalue weighted by atomic mass is 16.5. The largest absolute Gasteiger partial charge is 0.364 e. The van der Waals surface area contributed by atoms with Crippen molar-refractivity contribution < 1.29 is 4.74 Å². The SMILES string of the molecule is Cc1ccc(C#CC2CC3OC2c2ccccc23)cc1. The topological polar surface area (TPSA) is 9.23 Å². The number of hydrogen-bond donors (Lipinski definition) is 0. The molecule has 3 atom stereocenters. The lowest BCUT2D eigenvalue weighted by atomic mass is 9.84. The Bertz CT molecular complexity index is 703. The zero-order valence-electron chi connectivity index (χ0n) is 11.5. The van der Waals surface area contributed by atoms with Gasteiger partial charge in [-0.3, -0.25) is 0 Å². The van der Waals surface area contributed by atoms with Gasteiger partial charge < -0.3 is 4.74 Å². The molecule has 1 nitrogen and oxygen atoms in total. The van der Waals surface area contributed by atoms with Crippen LogP contribution in [-0.4, -0.2) is 0 Å². The molecule has 0 spiro atoms. The fourth-order valence-corrected chi connectivity index (χ4v) is 3.18. The number of fused-ring (bicyclic) bond motifs is 5. The van der Waals surface area contributed by atoms with Gasteiger partial charge in [0.1, 0.15) is 0 Å². The first-order valence-electron chi connectivity index (χ1n) is 7.14. The highest BCUT2D eigenvalue weighted by molar-refractivity contribution is 5.42. The second kappa shape index (κ2) is 4.51. The third-order valence-electron chi connectivity index (χ3n) is 4.25. The minimum Gasteiger partial charge on any atom is -0.364 e. The van der Waals surface area contributed by atoms with Crippen LogP contribution in [0.3, 0.4) is 0 Å². The molecule has 2 bridgehead atoms. The fourth-order valence-electron chi connectivity index (χ4n) is 3.18. The van der Waals surface area contributed by atoms with Crippen molar-refractivity contribution in [2.45, 2.75) is 25.6 Å². The Balaban J connectivity index is 1.60. The number of benzene rings is 2. The van der Waals surface area contributed by atoms with Gasteiger partial charge in [0.15, 0.2) is 0 Å². The summed E-state index contributed by atoms with van der Waals surface area (Å²) < 4.78 is 6.06. The van der Waals surface area contributed by atoms with E-state index in [1.807, 2.05) is 0 Å². The molecule has 0 radical (unpaired) electrons. The maximum absolute atomic E-state index is 6.06. The summed E-state index contributed by atoms with van der Waals surface area (Å²) in [6.45, 7) is 2.10. The minimum absolute atomic E-state index is 0.175. The Labute approximate surface area is 119 Å². The molecule has 2 aliphatic rings. The van der Waals surface area contributed by atoms with Gasteiger partial charge in [0.2, 0.25) is 0 Å². The number of rotatable bonds is 0. The molecule has 1 fully saturated rings. The van der Waals surface area contributed by atoms with Crippen LogP contribution in [0.15, 0.2) is 48.5 Å². The second-order valence-electron chi connectivity index (χ2n) is 5.65. The normalized spacial score (nSPS) is 25.9. The number of ether oxygens (including phenoxy) is 1. The molecular formula is C19H16O. The van der Waals surface area contributed by atoms with Crippen molar-refractivity contribution in [3.8, 4) is 11.8 Å². The monoisotopic (exact) mass is 260 g/mol. The predicted octanol–water partition coefficient (Wildman–Crippen LogP) is 4.18. The summed E-state index contributed by atoms with van der Waals surface area (Å²) in [5.74, 6) is 7.04. The minimum atomic E-state index is 0.175. The average Bonchev–Trinajstić information content (AvgIpc) is 3.06. The van der Waals surface area contributed by atoms with E-state index in [1.54, 1.807) is 0 Å². The van der Waals surface area contributed by atoms with Crippen molar-refractivity contribution in [2.75, 3.05) is 0 Å². The molecule has 2 aromatic rings. The second-order valence-corrected chi connectivity index (χ2v) is 5.65. The van der Waals surface area contributed by atoms with Gasteiger partial charge in [0, 0.05) is 5.56 Å². The van der Waals surface area contributed by atoms with Crippen LogP contribution in [0.1, 0.15) is 40.9 Å². The molecule has 0 saturated carbocycles. The Morgan fingerprint density at radius 2 is 1.75 bits per heavy atom. The fraction of sp³-hybridized carbons (Fsp3) is 0.263. The van der Waals surface area contributed by atoms with Crippen LogP contribution in [0.2, 0.25) is 0 Å². The summed E-state index contributed by atoms with van der Waals surface area (Å²) in [4.78, 5) is 0. The maximum atomic E-state index is 6.06. The van der Waals surface area contributed by atoms with E-state index >= 15 is 0 Å². The molecule has 98 valence electrons. The van der Waals surface area contributed by atoms with Crippen molar-refractivity contribution in [2.24, 2.45) is 5.92 Å². The van der Waals surface area contributed by atoms with Crippen LogP contribution >= 0.6 is 0 Å². The van der Waals surface area contributed by atoms with Crippen molar-refractivity contribution in [1.82, 2.24) is 0 Å². The third kappa shape index (κ3) is 1.85. The summed E-state index contributed by atoms with van der Waals surface area (Å²) in [7, 11) is 0. The molecule has 3 unspecified atom stereocenters. The zero-order valence-corrected chi connectivity index (χ0v) is 11.5. The van der Waals surface area contributed by atoms with Crippen molar-refractivity contribution in [1.29, 1.82) is 0 Å². The number of aryl methyl sites for hydroxylation is 1. The number of hydrogen-bond acceptors (Lipinski definition) is 1. The van der Waals surface area contributed by atoms with Gasteiger partial charge >= 0.3 is 0 Å². The van der Waals surface area contributed by atoms with Crippen LogP contribution in [-0.2, 0) is 4.74 Å². The van der Waals surface area contributed by atoms with Crippen LogP contribution < -0.4 is 0 Å². The van der Waals surface area contributed by atoms with Gasteiger partial charge in [0.25, 0.3) is 0 Å². The first-order valence-corrected chi connectivity index (χ1v) is 7.14. The van der Waals surface area contributed by atoms with Gasteiger partial charge in [-0.05, 0) is 36.6 Å². The molecule has 0 amide bonds. The van der Waals surface area contributed by atoms with Gasteiger partial charge in [0.05, 0.1) is 18.1 Å². The van der Waals surface area contributed by atoms with Crippen LogP contribution in [0.4, 0.5) is 0 Å². The predicted molar refractivity (Wildman–Crippen MR) is 79.2 cm³/mol. The van der Waals surface area contributed by atoms with E-state index in [4.69, 9.17) is 4.74 Å². The molecule has 20 heavy (non-hydrogen) atoms. The zero-order chi connectivity index (χ0) is 13.5. The van der Waals surface area contributed by atoms with E-state index in [0.717, 1.165) is 12.0 Å². The molecule has 2 heterocycles. The molecular weight excluding hydrogens is 244 g/mol. The van der Waals surface area contributed by atoms with Crippen LogP contribution in [0.25, 0.3) is 0 Å². The summed E-state index contributed by atoms with van der Waals surface area (Å²) in [5, 5.41) is 0. The van der Waals surface area contributed by atoms with E-state index in [0.29, 0.717) is 5.92 Å². The molecule has 2 aliphatic heterocycles. The average molecular weight is 260 g/mol. The smallest absolute Gasteiger partial charge is 0.0975 e. The van der Waals surface area contributed by atoms with E-state index < -0.39 is 0 Å². The Kier molecular flexibility index (Phi) is 2.65. The van der Waals surface area contributed by atoms with E-state index in [-0.39, 0.29) is 12.2 Å². The lowest BCUT2D eigenvalue weighted by molar-refractivity contribution is 0.0657. The van der Waals surface area contributed by atoms with Gasteiger partial charge in [-0.1, -0.05) is 53.8 Å². The molecule has 0 aromatic heterocycles. The molecule has 0 N–H and O–H groups in total. The molecule has 1 saturated heterocycles. The van der Waals surface area contributed by atoms with Crippen LogP contribution in [0, 0.1) is 24.7 Å². The summed E-state index contributed by atoms with van der Waals surface area (Å²) in [5.41, 5.74) is 5.07. The van der Waals surface area contributed by atoms with Crippen molar-refractivity contribution in [3.05, 3.63) is 70.8 Å². The molecule has 1 heteroatoms. The highest BCUT2D eigenvalue weighted by Gasteiger charge is 2.44. The van der Waals surface area contributed by atoms with Crippen molar-refractivity contribution >= 4 is 0 Å². The van der Waals surface area contributed by atoms with Gasteiger partial charge in [-0.25, -0.2) is 0 Å². The molecule has 0 aliphatic carbocycles. The Morgan fingerprint density at radius 3 is 2.55 bits per heavy atom. The van der Waals surface area contributed by atoms with E-state index in [9.17, 15) is 0 Å². The first kappa shape index (κ1) is 11.8. The molecule has 2 aromatic carbocycles. The van der Waals surface area contributed by atoms with E-state index in [2.05, 4.69) is 67.3 Å². The summed E-state index contributed by atoms with van der Waals surface area (Å²) in [6, 6.07) is 16.9.